The maximum absolute atomic E-state index is 11.9. The second-order valence-electron chi connectivity index (χ2n) is 5.86. The number of carbonyl (C=O) groups excluding carboxylic acids is 1. The Labute approximate surface area is 98.2 Å². The molecule has 1 rings (SSSR count). The molecule has 1 N–H and O–H groups in total. The Morgan fingerprint density at radius 3 is 2.19 bits per heavy atom. The molecular weight excluding hydrogens is 200 g/mol. The number of nitriles is 1. The number of amides is 1. The van der Waals surface area contributed by atoms with E-state index in [9.17, 15) is 4.79 Å². The third-order valence-corrected chi connectivity index (χ3v) is 4.36. The van der Waals surface area contributed by atoms with Crippen LogP contribution in [0.3, 0.4) is 0 Å². The molecule has 1 aliphatic rings. The maximum Gasteiger partial charge on any atom is 0.237 e. The first-order valence-corrected chi connectivity index (χ1v) is 5.99. The quantitative estimate of drug-likeness (QED) is 0.794. The van der Waals surface area contributed by atoms with Crippen molar-refractivity contribution in [3.05, 3.63) is 0 Å². The summed E-state index contributed by atoms with van der Waals surface area (Å²) in [5, 5.41) is 11.9. The molecule has 0 saturated heterocycles. The topological polar surface area (TPSA) is 52.9 Å². The second kappa shape index (κ2) is 4.08. The highest BCUT2D eigenvalue weighted by atomic mass is 16.2. The zero-order valence-electron chi connectivity index (χ0n) is 10.9. The minimum Gasteiger partial charge on any atom is -0.351 e. The van der Waals surface area contributed by atoms with E-state index in [0.717, 1.165) is 6.42 Å². The molecule has 1 aliphatic carbocycles. The Morgan fingerprint density at radius 2 is 1.88 bits per heavy atom. The van der Waals surface area contributed by atoms with Gasteiger partial charge in [-0.3, -0.25) is 4.79 Å². The summed E-state index contributed by atoms with van der Waals surface area (Å²) in [6.45, 7) is 10.6. The predicted octanol–water partition coefficient (Wildman–Crippen LogP) is 2.48. The van der Waals surface area contributed by atoms with Crippen LogP contribution in [0.25, 0.3) is 0 Å². The molecule has 0 radical (unpaired) electrons. The van der Waals surface area contributed by atoms with Gasteiger partial charge in [0.15, 0.2) is 0 Å². The largest absolute Gasteiger partial charge is 0.351 e. The number of nitrogens with one attached hydrogen (secondary N) is 1. The Balaban J connectivity index is 2.58. The molecule has 3 nitrogen and oxygen atoms in total. The van der Waals surface area contributed by atoms with Crippen LogP contribution in [0.15, 0.2) is 0 Å². The molecule has 1 unspecified atom stereocenters. The van der Waals surface area contributed by atoms with Crippen molar-refractivity contribution in [1.29, 1.82) is 5.26 Å². The van der Waals surface area contributed by atoms with E-state index < -0.39 is 5.92 Å². The fourth-order valence-electron chi connectivity index (χ4n) is 2.34. The van der Waals surface area contributed by atoms with E-state index in [1.807, 2.05) is 6.92 Å². The van der Waals surface area contributed by atoms with Crippen LogP contribution in [0.2, 0.25) is 0 Å². The summed E-state index contributed by atoms with van der Waals surface area (Å²) in [6.07, 6.45) is 1.51. The lowest BCUT2D eigenvalue weighted by Gasteiger charge is -2.10. The molecule has 1 atom stereocenters. The predicted molar refractivity (Wildman–Crippen MR) is 63.5 cm³/mol. The molecular formula is C13H22N2O. The van der Waals surface area contributed by atoms with E-state index in [-0.39, 0.29) is 22.8 Å². The zero-order valence-corrected chi connectivity index (χ0v) is 10.9. The smallest absolute Gasteiger partial charge is 0.237 e. The van der Waals surface area contributed by atoms with Crippen molar-refractivity contribution in [3.63, 3.8) is 0 Å². The van der Waals surface area contributed by atoms with E-state index in [1.165, 1.54) is 0 Å². The fraction of sp³-hybridized carbons (Fsp3) is 0.846. The molecule has 1 saturated carbocycles. The average Bonchev–Trinajstić information content (AvgIpc) is 2.57. The van der Waals surface area contributed by atoms with Crippen molar-refractivity contribution < 1.29 is 4.79 Å². The summed E-state index contributed by atoms with van der Waals surface area (Å²) in [4.78, 5) is 11.9. The van der Waals surface area contributed by atoms with Gasteiger partial charge in [0, 0.05) is 6.04 Å². The molecule has 3 heteroatoms. The van der Waals surface area contributed by atoms with Gasteiger partial charge in [-0.2, -0.15) is 5.26 Å². The van der Waals surface area contributed by atoms with E-state index >= 15 is 0 Å². The van der Waals surface area contributed by atoms with Crippen molar-refractivity contribution in [3.8, 4) is 6.07 Å². The normalized spacial score (nSPS) is 23.2. The molecule has 0 heterocycles. The Hall–Kier alpha value is -1.04. The van der Waals surface area contributed by atoms with Crippen LogP contribution in [0.5, 0.6) is 0 Å². The van der Waals surface area contributed by atoms with Gasteiger partial charge in [-0.1, -0.05) is 41.0 Å². The summed E-state index contributed by atoms with van der Waals surface area (Å²) in [5.41, 5.74) is 0.268. The molecule has 1 amide bonds. The monoisotopic (exact) mass is 222 g/mol. The van der Waals surface area contributed by atoms with Crippen LogP contribution in [0.1, 0.15) is 47.5 Å². The highest BCUT2D eigenvalue weighted by Gasteiger charge is 2.65. The number of hydrogen-bond acceptors (Lipinski definition) is 2. The standard InChI is InChI=1S/C13H22N2O/c1-6-7-9(8-14)10(16)15-11-12(2,3)13(11,4)5/h9,11H,6-7H2,1-5H3,(H,15,16). The third-order valence-electron chi connectivity index (χ3n) is 4.36. The first-order valence-electron chi connectivity index (χ1n) is 5.99. The molecule has 0 aromatic rings. The summed E-state index contributed by atoms with van der Waals surface area (Å²) in [6, 6.07) is 2.27. The van der Waals surface area contributed by atoms with Crippen molar-refractivity contribution in [2.45, 2.75) is 53.5 Å². The fourth-order valence-corrected chi connectivity index (χ4v) is 2.34. The Kier molecular flexibility index (Phi) is 3.33. The van der Waals surface area contributed by atoms with E-state index in [4.69, 9.17) is 5.26 Å². The minimum atomic E-state index is -0.489. The number of hydrogen-bond donors (Lipinski definition) is 1. The van der Waals surface area contributed by atoms with E-state index in [2.05, 4.69) is 39.1 Å². The molecule has 0 spiro atoms. The van der Waals surface area contributed by atoms with Crippen molar-refractivity contribution in [1.82, 2.24) is 5.32 Å². The van der Waals surface area contributed by atoms with Crippen LogP contribution in [0, 0.1) is 28.1 Å². The third kappa shape index (κ3) is 1.93. The van der Waals surface area contributed by atoms with Crippen LogP contribution < -0.4 is 5.32 Å². The average molecular weight is 222 g/mol. The van der Waals surface area contributed by atoms with Gasteiger partial charge in [-0.15, -0.1) is 0 Å². The molecule has 0 aromatic heterocycles. The van der Waals surface area contributed by atoms with E-state index in [0.29, 0.717) is 6.42 Å². The summed E-state index contributed by atoms with van der Waals surface area (Å²) in [7, 11) is 0. The minimum absolute atomic E-state index is 0.104. The van der Waals surface area contributed by atoms with Crippen molar-refractivity contribution in [2.24, 2.45) is 16.7 Å². The SMILES string of the molecule is CCCC(C#N)C(=O)NC1C(C)(C)C1(C)C. The van der Waals surface area contributed by atoms with E-state index in [1.54, 1.807) is 0 Å². The summed E-state index contributed by atoms with van der Waals surface area (Å²) < 4.78 is 0. The van der Waals surface area contributed by atoms with Crippen molar-refractivity contribution in [2.75, 3.05) is 0 Å². The van der Waals surface area contributed by atoms with Gasteiger partial charge in [-0.25, -0.2) is 0 Å². The second-order valence-corrected chi connectivity index (χ2v) is 5.86. The lowest BCUT2D eigenvalue weighted by Crippen LogP contribution is -2.34. The summed E-state index contributed by atoms with van der Waals surface area (Å²) >= 11 is 0. The highest BCUT2D eigenvalue weighted by Crippen LogP contribution is 2.62. The van der Waals surface area contributed by atoms with Gasteiger partial charge < -0.3 is 5.32 Å². The van der Waals surface area contributed by atoms with Gasteiger partial charge in [0.05, 0.1) is 6.07 Å². The summed E-state index contributed by atoms with van der Waals surface area (Å²) in [5.74, 6) is -0.592. The number of nitrogens with zero attached hydrogens (tertiary/aromatic N) is 1. The maximum atomic E-state index is 11.9. The molecule has 0 aliphatic heterocycles. The van der Waals surface area contributed by atoms with Crippen LogP contribution in [-0.4, -0.2) is 11.9 Å². The van der Waals surface area contributed by atoms with Crippen LogP contribution >= 0.6 is 0 Å². The first-order chi connectivity index (χ1) is 7.29. The van der Waals surface area contributed by atoms with Gasteiger partial charge in [0.1, 0.15) is 5.92 Å². The first kappa shape index (κ1) is 13.0. The Bertz CT molecular complexity index is 311. The van der Waals surface area contributed by atoms with Gasteiger partial charge in [0.2, 0.25) is 5.91 Å². The molecule has 90 valence electrons. The lowest BCUT2D eigenvalue weighted by atomic mass is 10.0. The van der Waals surface area contributed by atoms with Gasteiger partial charge in [-0.05, 0) is 17.3 Å². The van der Waals surface area contributed by atoms with Crippen LogP contribution in [0.4, 0.5) is 0 Å². The Morgan fingerprint density at radius 1 is 1.38 bits per heavy atom. The van der Waals surface area contributed by atoms with Crippen molar-refractivity contribution >= 4 is 5.91 Å². The molecule has 16 heavy (non-hydrogen) atoms. The number of rotatable bonds is 4. The van der Waals surface area contributed by atoms with Gasteiger partial charge in [0.25, 0.3) is 0 Å². The van der Waals surface area contributed by atoms with Crippen LogP contribution in [-0.2, 0) is 4.79 Å². The number of carbonyl (C=O) groups is 1. The highest BCUT2D eigenvalue weighted by molar-refractivity contribution is 5.82. The lowest BCUT2D eigenvalue weighted by molar-refractivity contribution is -0.124. The van der Waals surface area contributed by atoms with Gasteiger partial charge >= 0.3 is 0 Å². The zero-order chi connectivity index (χ0) is 12.6. The molecule has 0 bridgehead atoms. The molecule has 1 fully saturated rings. The molecule has 0 aromatic carbocycles.